The number of hydrogen-bond acceptors (Lipinski definition) is 4. The molecule has 5 nitrogen and oxygen atoms in total. The van der Waals surface area contributed by atoms with Crippen molar-refractivity contribution in [2.24, 2.45) is 5.41 Å². The molecule has 3 saturated heterocycles. The summed E-state index contributed by atoms with van der Waals surface area (Å²) in [5.74, 6) is 0. The Hall–Kier alpha value is -1.88. The number of carbonyl (C=O) groups is 1. The van der Waals surface area contributed by atoms with E-state index in [1.54, 1.807) is 0 Å². The van der Waals surface area contributed by atoms with Crippen molar-refractivity contribution >= 4 is 23.4 Å². The number of ether oxygens (including phenoxy) is 1. The molecule has 0 radical (unpaired) electrons. The summed E-state index contributed by atoms with van der Waals surface area (Å²) in [5, 5.41) is 0.728. The third-order valence-electron chi connectivity index (χ3n) is 7.28. The van der Waals surface area contributed by atoms with Gasteiger partial charge in [0, 0.05) is 39.3 Å². The molecule has 1 aromatic rings. The predicted octanol–water partition coefficient (Wildman–Crippen LogP) is 5.86. The first kappa shape index (κ1) is 26.2. The van der Waals surface area contributed by atoms with Gasteiger partial charge in [-0.15, -0.1) is 0 Å². The minimum atomic E-state index is -5.72. The van der Waals surface area contributed by atoms with Crippen LogP contribution in [0.4, 0.5) is 36.8 Å². The Morgan fingerprint density at radius 3 is 2.17 bits per heavy atom. The maximum atomic E-state index is 12.7. The molecule has 3 aliphatic rings. The Morgan fingerprint density at radius 1 is 0.971 bits per heavy atom. The van der Waals surface area contributed by atoms with Crippen molar-refractivity contribution in [3.05, 3.63) is 28.8 Å². The van der Waals surface area contributed by atoms with Crippen LogP contribution in [0.2, 0.25) is 5.02 Å². The number of amides is 1. The zero-order chi connectivity index (χ0) is 25.4. The average molecular weight is 528 g/mol. The number of benzene rings is 1. The smallest absolute Gasteiger partial charge is 0.426 e. The molecule has 35 heavy (non-hydrogen) atoms. The molecule has 3 aliphatic heterocycles. The van der Waals surface area contributed by atoms with Crippen molar-refractivity contribution in [1.82, 2.24) is 9.80 Å². The molecular formula is C23H28ClF6N3O2. The first-order chi connectivity index (χ1) is 16.4. The molecule has 3 fully saturated rings. The van der Waals surface area contributed by atoms with Crippen LogP contribution in [-0.4, -0.2) is 73.6 Å². The molecule has 3 heterocycles. The predicted molar refractivity (Wildman–Crippen MR) is 118 cm³/mol. The monoisotopic (exact) mass is 527 g/mol. The van der Waals surface area contributed by atoms with Gasteiger partial charge in [0.15, 0.2) is 0 Å². The summed E-state index contributed by atoms with van der Waals surface area (Å²) in [7, 11) is 0. The van der Waals surface area contributed by atoms with Gasteiger partial charge in [-0.2, -0.15) is 26.3 Å². The molecule has 0 unspecified atom stereocenters. The quantitative estimate of drug-likeness (QED) is 0.460. The third kappa shape index (κ3) is 6.10. The lowest BCUT2D eigenvalue weighted by Gasteiger charge is -2.39. The van der Waals surface area contributed by atoms with Crippen LogP contribution in [0.25, 0.3) is 0 Å². The van der Waals surface area contributed by atoms with Crippen LogP contribution in [0.5, 0.6) is 0 Å². The summed E-state index contributed by atoms with van der Waals surface area (Å²) in [4.78, 5) is 17.6. The van der Waals surface area contributed by atoms with Gasteiger partial charge in [-0.05, 0) is 61.8 Å². The second kappa shape index (κ2) is 9.88. The zero-order valence-corrected chi connectivity index (χ0v) is 19.9. The van der Waals surface area contributed by atoms with Gasteiger partial charge in [-0.3, -0.25) is 4.90 Å². The Morgan fingerprint density at radius 2 is 1.57 bits per heavy atom. The molecule has 1 spiro atoms. The van der Waals surface area contributed by atoms with Crippen LogP contribution in [0.1, 0.15) is 37.7 Å². The minimum Gasteiger partial charge on any atom is -0.426 e. The Kier molecular flexibility index (Phi) is 7.39. The molecule has 1 amide bonds. The van der Waals surface area contributed by atoms with Crippen LogP contribution in [0, 0.1) is 5.41 Å². The number of rotatable bonds is 4. The average Bonchev–Trinajstić information content (AvgIpc) is 3.43. The Balaban J connectivity index is 1.31. The lowest BCUT2D eigenvalue weighted by molar-refractivity contribution is -0.308. The maximum Gasteiger partial charge on any atom is 0.434 e. The summed E-state index contributed by atoms with van der Waals surface area (Å²) in [5.41, 5.74) is 2.06. The van der Waals surface area contributed by atoms with E-state index in [1.165, 1.54) is 0 Å². The molecule has 196 valence electrons. The van der Waals surface area contributed by atoms with Crippen LogP contribution in [0.15, 0.2) is 18.2 Å². The van der Waals surface area contributed by atoms with Gasteiger partial charge in [0.2, 0.25) is 0 Å². The maximum absolute atomic E-state index is 12.7. The largest absolute Gasteiger partial charge is 0.434 e. The highest BCUT2D eigenvalue weighted by Gasteiger charge is 2.60. The summed E-state index contributed by atoms with van der Waals surface area (Å²) in [6.07, 6.45) is -13.0. The van der Waals surface area contributed by atoms with Gasteiger partial charge in [-0.25, -0.2) is 4.79 Å². The van der Waals surface area contributed by atoms with E-state index in [4.69, 9.17) is 11.6 Å². The van der Waals surface area contributed by atoms with E-state index in [0.717, 1.165) is 73.2 Å². The van der Waals surface area contributed by atoms with E-state index >= 15 is 0 Å². The van der Waals surface area contributed by atoms with Crippen molar-refractivity contribution in [2.45, 2.75) is 57.1 Å². The van der Waals surface area contributed by atoms with Gasteiger partial charge in [0.05, 0.1) is 10.7 Å². The molecule has 0 atom stereocenters. The molecule has 1 aromatic carbocycles. The lowest BCUT2D eigenvalue weighted by atomic mass is 9.78. The van der Waals surface area contributed by atoms with E-state index in [9.17, 15) is 31.1 Å². The van der Waals surface area contributed by atoms with Crippen LogP contribution >= 0.6 is 11.6 Å². The number of likely N-dealkylation sites (tertiary alicyclic amines) is 2. The van der Waals surface area contributed by atoms with E-state index in [1.807, 2.05) is 12.1 Å². The fourth-order valence-corrected chi connectivity index (χ4v) is 5.58. The Bertz CT molecular complexity index is 897. The van der Waals surface area contributed by atoms with Gasteiger partial charge in [0.25, 0.3) is 6.10 Å². The van der Waals surface area contributed by atoms with Crippen LogP contribution < -0.4 is 4.90 Å². The molecule has 0 aliphatic carbocycles. The minimum absolute atomic E-state index is 0.0646. The second-order valence-electron chi connectivity index (χ2n) is 9.77. The van der Waals surface area contributed by atoms with E-state index in [0.29, 0.717) is 12.8 Å². The lowest BCUT2D eigenvalue weighted by Crippen LogP contribution is -2.50. The summed E-state index contributed by atoms with van der Waals surface area (Å²) >= 11 is 6.41. The molecule has 4 rings (SSSR count). The molecule has 0 bridgehead atoms. The number of piperidine rings is 1. The van der Waals surface area contributed by atoms with E-state index in [-0.39, 0.29) is 18.5 Å². The second-order valence-corrected chi connectivity index (χ2v) is 10.2. The van der Waals surface area contributed by atoms with Crippen LogP contribution in [-0.2, 0) is 11.3 Å². The van der Waals surface area contributed by atoms with Crippen LogP contribution in [0.3, 0.4) is 0 Å². The zero-order valence-electron chi connectivity index (χ0n) is 19.1. The fourth-order valence-electron chi connectivity index (χ4n) is 5.34. The number of nitrogens with zero attached hydrogens (tertiary/aromatic N) is 3. The molecule has 0 saturated carbocycles. The highest BCUT2D eigenvalue weighted by atomic mass is 35.5. The molecule has 0 aromatic heterocycles. The van der Waals surface area contributed by atoms with Crippen molar-refractivity contribution in [2.75, 3.05) is 44.2 Å². The fraction of sp³-hybridized carbons (Fsp3) is 0.696. The van der Waals surface area contributed by atoms with Gasteiger partial charge < -0.3 is 14.5 Å². The van der Waals surface area contributed by atoms with Gasteiger partial charge >= 0.3 is 18.4 Å². The van der Waals surface area contributed by atoms with Gasteiger partial charge in [-0.1, -0.05) is 17.7 Å². The first-order valence-corrected chi connectivity index (χ1v) is 12.1. The van der Waals surface area contributed by atoms with Crippen molar-refractivity contribution < 1.29 is 35.9 Å². The number of alkyl halides is 6. The molecule has 12 heteroatoms. The van der Waals surface area contributed by atoms with E-state index < -0.39 is 24.5 Å². The van der Waals surface area contributed by atoms with Crippen molar-refractivity contribution in [3.8, 4) is 0 Å². The number of hydrogen-bond donors (Lipinski definition) is 0. The van der Waals surface area contributed by atoms with E-state index in [2.05, 4.69) is 20.6 Å². The van der Waals surface area contributed by atoms with Gasteiger partial charge in [0.1, 0.15) is 0 Å². The summed E-state index contributed by atoms with van der Waals surface area (Å²) < 4.78 is 80.1. The number of anilines is 1. The standard InChI is InChI=1S/C23H28ClF6N3O2/c24-17-4-3-16(13-18(17)32-8-1-2-9-32)14-31-10-5-21(15-31)6-11-33(12-7-21)20(34)35-19(22(25,26)27)23(28,29)30/h3-4,13,19H,1-2,5-12,14-15H2. The topological polar surface area (TPSA) is 36.0 Å². The SMILES string of the molecule is O=C(OC(C(F)(F)F)C(F)(F)F)N1CCC2(CCN(Cc3ccc(Cl)c(N4CCCC4)c3)C2)CC1. The molecule has 0 N–H and O–H groups in total. The summed E-state index contributed by atoms with van der Waals surface area (Å²) in [6, 6.07) is 6.04. The third-order valence-corrected chi connectivity index (χ3v) is 7.60. The van der Waals surface area contributed by atoms with Crippen molar-refractivity contribution in [3.63, 3.8) is 0 Å². The first-order valence-electron chi connectivity index (χ1n) is 11.7. The highest BCUT2D eigenvalue weighted by Crippen LogP contribution is 2.42. The number of halogens is 7. The summed E-state index contributed by atoms with van der Waals surface area (Å²) in [6.45, 7) is 4.42. The molecular weight excluding hydrogens is 500 g/mol. The number of carbonyl (C=O) groups excluding carboxylic acids is 1. The van der Waals surface area contributed by atoms with Crippen molar-refractivity contribution in [1.29, 1.82) is 0 Å². The highest BCUT2D eigenvalue weighted by molar-refractivity contribution is 6.33. The Labute approximate surface area is 204 Å². The normalized spacial score (nSPS) is 21.4.